The molecule has 0 fully saturated rings. The fourth-order valence-corrected chi connectivity index (χ4v) is 1.86. The van der Waals surface area contributed by atoms with Crippen LogP contribution in [-0.4, -0.2) is 9.97 Å². The summed E-state index contributed by atoms with van der Waals surface area (Å²) in [7, 11) is 0. The highest BCUT2D eigenvalue weighted by Crippen LogP contribution is 2.31. The Hall–Kier alpha value is -1.52. The molecule has 2 aromatic rings. The van der Waals surface area contributed by atoms with Gasteiger partial charge in [-0.15, -0.1) is 0 Å². The van der Waals surface area contributed by atoms with Crippen molar-refractivity contribution >= 4 is 28.9 Å². The lowest BCUT2D eigenvalue weighted by molar-refractivity contribution is 0.460. The molecule has 0 bridgehead atoms. The molecule has 4 nitrogen and oxygen atoms in total. The molecule has 0 saturated heterocycles. The number of hydrogen-bond donors (Lipinski definition) is 1. The van der Waals surface area contributed by atoms with Crippen molar-refractivity contribution in [3.05, 3.63) is 39.8 Å². The molecule has 94 valence electrons. The van der Waals surface area contributed by atoms with E-state index in [1.807, 2.05) is 6.92 Å². The van der Waals surface area contributed by atoms with Crippen LogP contribution in [0.3, 0.4) is 0 Å². The maximum Gasteiger partial charge on any atom is 0.247 e. The summed E-state index contributed by atoms with van der Waals surface area (Å²) >= 11 is 11.6. The summed E-state index contributed by atoms with van der Waals surface area (Å²) < 4.78 is 5.64. The molecule has 0 aliphatic rings. The van der Waals surface area contributed by atoms with E-state index in [1.165, 1.54) is 0 Å². The van der Waals surface area contributed by atoms with Gasteiger partial charge in [0, 0.05) is 5.02 Å². The molecule has 1 heterocycles. The van der Waals surface area contributed by atoms with Gasteiger partial charge < -0.3 is 10.5 Å². The van der Waals surface area contributed by atoms with Gasteiger partial charge in [-0.05, 0) is 49.2 Å². The number of nitrogen functional groups attached to an aromatic ring is 1. The van der Waals surface area contributed by atoms with E-state index in [0.717, 1.165) is 5.56 Å². The van der Waals surface area contributed by atoms with Crippen LogP contribution in [0, 0.1) is 13.8 Å². The average Bonchev–Trinajstić information content (AvgIpc) is 2.29. The first-order valence-electron chi connectivity index (χ1n) is 5.21. The largest absolute Gasteiger partial charge is 0.437 e. The number of halogens is 2. The second-order valence-corrected chi connectivity index (χ2v) is 4.58. The Bertz CT molecular complexity index is 602. The van der Waals surface area contributed by atoms with Crippen molar-refractivity contribution in [2.45, 2.75) is 13.8 Å². The summed E-state index contributed by atoms with van der Waals surface area (Å²) in [5, 5.41) is 0.744. The molecule has 1 aromatic heterocycles. The second kappa shape index (κ2) is 5.00. The van der Waals surface area contributed by atoms with Crippen LogP contribution >= 0.6 is 23.2 Å². The number of rotatable bonds is 2. The first kappa shape index (κ1) is 12.9. The number of anilines is 1. The quantitative estimate of drug-likeness (QED) is 0.852. The summed E-state index contributed by atoms with van der Waals surface area (Å²) in [6, 6.07) is 5.28. The SMILES string of the molecule is Cc1cc(Cl)ccc1Oc1nc(Cl)nc(C)c1N. The molecule has 2 rings (SSSR count). The minimum atomic E-state index is 0.100. The Labute approximate surface area is 115 Å². The predicted octanol–water partition coefficient (Wildman–Crippen LogP) is 3.77. The molecular weight excluding hydrogens is 273 g/mol. The molecule has 0 saturated carbocycles. The predicted molar refractivity (Wildman–Crippen MR) is 72.5 cm³/mol. The number of hydrogen-bond acceptors (Lipinski definition) is 4. The molecule has 0 aliphatic heterocycles. The Morgan fingerprint density at radius 2 is 1.89 bits per heavy atom. The standard InChI is InChI=1S/C12H11Cl2N3O/c1-6-5-8(13)3-4-9(6)18-11-10(15)7(2)16-12(14)17-11/h3-5H,15H2,1-2H3. The summed E-state index contributed by atoms with van der Waals surface area (Å²) in [6.07, 6.45) is 0. The number of aryl methyl sites for hydroxylation is 2. The van der Waals surface area contributed by atoms with E-state index in [9.17, 15) is 0 Å². The molecule has 0 amide bonds. The van der Waals surface area contributed by atoms with Gasteiger partial charge in [0.1, 0.15) is 11.4 Å². The summed E-state index contributed by atoms with van der Waals surface area (Å²) in [4.78, 5) is 7.91. The second-order valence-electron chi connectivity index (χ2n) is 3.81. The Morgan fingerprint density at radius 1 is 1.17 bits per heavy atom. The number of nitrogens with zero attached hydrogens (tertiary/aromatic N) is 2. The first-order valence-corrected chi connectivity index (χ1v) is 5.96. The lowest BCUT2D eigenvalue weighted by atomic mass is 10.2. The van der Waals surface area contributed by atoms with Crippen LogP contribution in [0.15, 0.2) is 18.2 Å². The minimum absolute atomic E-state index is 0.100. The third-order valence-corrected chi connectivity index (χ3v) is 2.82. The summed E-state index contributed by atoms with van der Waals surface area (Å²) in [5.74, 6) is 0.873. The highest BCUT2D eigenvalue weighted by molar-refractivity contribution is 6.30. The van der Waals surface area contributed by atoms with Gasteiger partial charge in [-0.3, -0.25) is 0 Å². The normalized spacial score (nSPS) is 10.4. The lowest BCUT2D eigenvalue weighted by Gasteiger charge is -2.11. The van der Waals surface area contributed by atoms with Crippen LogP contribution in [0.2, 0.25) is 10.3 Å². The van der Waals surface area contributed by atoms with Crippen molar-refractivity contribution in [1.29, 1.82) is 0 Å². The van der Waals surface area contributed by atoms with Crippen LogP contribution in [0.5, 0.6) is 11.6 Å². The molecule has 6 heteroatoms. The van der Waals surface area contributed by atoms with Gasteiger partial charge >= 0.3 is 0 Å². The van der Waals surface area contributed by atoms with Crippen LogP contribution < -0.4 is 10.5 Å². The minimum Gasteiger partial charge on any atom is -0.437 e. The highest BCUT2D eigenvalue weighted by atomic mass is 35.5. The molecular formula is C12H11Cl2N3O. The van der Waals surface area contributed by atoms with Gasteiger partial charge in [0.05, 0.1) is 5.69 Å². The maximum absolute atomic E-state index is 5.87. The number of nitrogens with two attached hydrogens (primary N) is 1. The van der Waals surface area contributed by atoms with Crippen LogP contribution in [0.4, 0.5) is 5.69 Å². The lowest BCUT2D eigenvalue weighted by Crippen LogP contribution is -2.01. The molecule has 0 spiro atoms. The fourth-order valence-electron chi connectivity index (χ4n) is 1.43. The van der Waals surface area contributed by atoms with Crippen LogP contribution in [-0.2, 0) is 0 Å². The van der Waals surface area contributed by atoms with Gasteiger partial charge in [0.25, 0.3) is 0 Å². The smallest absolute Gasteiger partial charge is 0.247 e. The Kier molecular flexibility index (Phi) is 3.59. The first-order chi connectivity index (χ1) is 8.47. The molecule has 0 atom stereocenters. The van der Waals surface area contributed by atoms with Crippen molar-refractivity contribution in [2.24, 2.45) is 0 Å². The fraction of sp³-hybridized carbons (Fsp3) is 0.167. The van der Waals surface area contributed by atoms with Crippen molar-refractivity contribution in [1.82, 2.24) is 9.97 Å². The van der Waals surface area contributed by atoms with E-state index in [1.54, 1.807) is 25.1 Å². The van der Waals surface area contributed by atoms with Crippen LogP contribution in [0.1, 0.15) is 11.3 Å². The molecule has 0 unspecified atom stereocenters. The monoisotopic (exact) mass is 283 g/mol. The van der Waals surface area contributed by atoms with Gasteiger partial charge in [0.2, 0.25) is 11.2 Å². The third-order valence-electron chi connectivity index (χ3n) is 2.42. The van der Waals surface area contributed by atoms with E-state index in [0.29, 0.717) is 22.2 Å². The topological polar surface area (TPSA) is 61.0 Å². The number of ether oxygens (including phenoxy) is 1. The maximum atomic E-state index is 5.87. The van der Waals surface area contributed by atoms with E-state index in [-0.39, 0.29) is 11.2 Å². The molecule has 2 N–H and O–H groups in total. The zero-order chi connectivity index (χ0) is 13.3. The average molecular weight is 284 g/mol. The van der Waals surface area contributed by atoms with Gasteiger partial charge in [-0.1, -0.05) is 11.6 Å². The number of aromatic nitrogens is 2. The van der Waals surface area contributed by atoms with Crippen molar-refractivity contribution in [3.8, 4) is 11.6 Å². The molecule has 18 heavy (non-hydrogen) atoms. The van der Waals surface area contributed by atoms with E-state index < -0.39 is 0 Å². The third kappa shape index (κ3) is 2.66. The van der Waals surface area contributed by atoms with Crippen LogP contribution in [0.25, 0.3) is 0 Å². The van der Waals surface area contributed by atoms with E-state index in [4.69, 9.17) is 33.7 Å². The Morgan fingerprint density at radius 3 is 2.56 bits per heavy atom. The van der Waals surface area contributed by atoms with E-state index in [2.05, 4.69) is 9.97 Å². The summed E-state index contributed by atoms with van der Waals surface area (Å²) in [6.45, 7) is 3.62. The molecule has 0 aliphatic carbocycles. The van der Waals surface area contributed by atoms with E-state index >= 15 is 0 Å². The Balaban J connectivity index is 2.40. The number of benzene rings is 1. The highest BCUT2D eigenvalue weighted by Gasteiger charge is 2.11. The van der Waals surface area contributed by atoms with Gasteiger partial charge in [-0.2, -0.15) is 4.98 Å². The zero-order valence-corrected chi connectivity index (χ0v) is 11.4. The van der Waals surface area contributed by atoms with Crippen molar-refractivity contribution in [3.63, 3.8) is 0 Å². The van der Waals surface area contributed by atoms with Gasteiger partial charge in [-0.25, -0.2) is 4.98 Å². The van der Waals surface area contributed by atoms with Crippen molar-refractivity contribution in [2.75, 3.05) is 5.73 Å². The summed E-state index contributed by atoms with van der Waals surface area (Å²) in [5.41, 5.74) is 7.68. The van der Waals surface area contributed by atoms with Gasteiger partial charge in [0.15, 0.2) is 0 Å². The zero-order valence-electron chi connectivity index (χ0n) is 9.87. The molecule has 0 radical (unpaired) electrons. The van der Waals surface area contributed by atoms with Crippen molar-refractivity contribution < 1.29 is 4.74 Å². The molecule has 1 aromatic carbocycles.